The molecule has 0 aliphatic heterocycles. The van der Waals surface area contributed by atoms with Crippen LogP contribution in [0.5, 0.6) is 11.8 Å². The zero-order valence-corrected chi connectivity index (χ0v) is 14.0. The lowest BCUT2D eigenvalue weighted by Gasteiger charge is -2.16. The number of ether oxygens (including phenoxy) is 2. The Kier molecular flexibility index (Phi) is 5.00. The fourth-order valence-electron chi connectivity index (χ4n) is 1.47. The molecule has 0 unspecified atom stereocenters. The van der Waals surface area contributed by atoms with Crippen LogP contribution >= 0.6 is 11.6 Å². The molecule has 0 fully saturated rings. The molecule has 1 aromatic heterocycles. The normalized spacial score (nSPS) is 11.0. The number of halogens is 1. The predicted octanol–water partition coefficient (Wildman–Crippen LogP) is 3.23. The molecule has 0 saturated heterocycles. The van der Waals surface area contributed by atoms with Crippen molar-refractivity contribution < 1.29 is 14.3 Å². The van der Waals surface area contributed by atoms with E-state index in [-0.39, 0.29) is 23.2 Å². The van der Waals surface area contributed by atoms with Gasteiger partial charge < -0.3 is 14.8 Å². The van der Waals surface area contributed by atoms with Crippen molar-refractivity contribution in [3.8, 4) is 11.8 Å². The van der Waals surface area contributed by atoms with Gasteiger partial charge in [0, 0.05) is 5.69 Å². The summed E-state index contributed by atoms with van der Waals surface area (Å²) in [6.45, 7) is 5.38. The summed E-state index contributed by atoms with van der Waals surface area (Å²) < 4.78 is 10.2. The molecule has 0 radical (unpaired) electrons. The van der Waals surface area contributed by atoms with Gasteiger partial charge in [0.05, 0.1) is 12.5 Å². The van der Waals surface area contributed by atoms with E-state index in [4.69, 9.17) is 21.1 Å². The quantitative estimate of drug-likeness (QED) is 0.677. The van der Waals surface area contributed by atoms with Gasteiger partial charge in [-0.05, 0) is 56.6 Å². The van der Waals surface area contributed by atoms with Gasteiger partial charge in [-0.3, -0.25) is 4.79 Å². The average molecular weight is 337 g/mol. The van der Waals surface area contributed by atoms with E-state index in [0.29, 0.717) is 11.4 Å². The first-order valence-electron chi connectivity index (χ1n) is 6.83. The maximum atomic E-state index is 11.8. The van der Waals surface area contributed by atoms with Gasteiger partial charge in [-0.1, -0.05) is 0 Å². The van der Waals surface area contributed by atoms with E-state index in [2.05, 4.69) is 20.3 Å². The van der Waals surface area contributed by atoms with Crippen molar-refractivity contribution in [3.05, 3.63) is 29.5 Å². The second kappa shape index (κ2) is 6.78. The zero-order valence-electron chi connectivity index (χ0n) is 13.3. The smallest absolute Gasteiger partial charge is 0.322 e. The summed E-state index contributed by atoms with van der Waals surface area (Å²) in [5, 5.41) is 2.99. The van der Waals surface area contributed by atoms with E-state index >= 15 is 0 Å². The van der Waals surface area contributed by atoms with E-state index in [0.717, 1.165) is 0 Å². The second-order valence-corrected chi connectivity index (χ2v) is 6.04. The van der Waals surface area contributed by atoms with Crippen molar-refractivity contribution in [2.75, 3.05) is 12.4 Å². The molecular weight excluding hydrogens is 320 g/mol. The Labute approximate surface area is 139 Å². The van der Waals surface area contributed by atoms with Crippen molar-refractivity contribution in [3.63, 3.8) is 0 Å². The monoisotopic (exact) mass is 336 g/mol. The minimum absolute atomic E-state index is 0.0232. The summed E-state index contributed by atoms with van der Waals surface area (Å²) >= 11 is 5.78. The van der Waals surface area contributed by atoms with E-state index in [1.54, 1.807) is 45.0 Å². The molecule has 0 amide bonds. The number of nitrogens with zero attached hydrogens (tertiary/aromatic N) is 3. The second-order valence-electron chi connectivity index (χ2n) is 5.70. The Morgan fingerprint density at radius 3 is 2.35 bits per heavy atom. The van der Waals surface area contributed by atoms with Crippen molar-refractivity contribution in [1.82, 2.24) is 15.0 Å². The molecule has 23 heavy (non-hydrogen) atoms. The van der Waals surface area contributed by atoms with Gasteiger partial charge in [0.15, 0.2) is 0 Å². The average Bonchev–Trinajstić information content (AvgIpc) is 2.47. The van der Waals surface area contributed by atoms with Gasteiger partial charge in [-0.25, -0.2) is 0 Å². The summed E-state index contributed by atoms with van der Waals surface area (Å²) in [5.74, 6) is 0.412. The van der Waals surface area contributed by atoms with Crippen LogP contribution in [0.4, 0.5) is 11.6 Å². The third kappa shape index (κ3) is 4.79. The van der Waals surface area contributed by atoms with Gasteiger partial charge in [-0.2, -0.15) is 15.0 Å². The molecule has 0 aliphatic carbocycles. The van der Waals surface area contributed by atoms with Gasteiger partial charge in [0.1, 0.15) is 5.75 Å². The van der Waals surface area contributed by atoms with Crippen molar-refractivity contribution in [2.45, 2.75) is 20.8 Å². The number of esters is 1. The van der Waals surface area contributed by atoms with E-state index in [9.17, 15) is 4.79 Å². The highest BCUT2D eigenvalue weighted by Gasteiger charge is 2.23. The molecule has 8 heteroatoms. The molecule has 2 aromatic rings. The molecule has 1 N–H and O–H groups in total. The van der Waals surface area contributed by atoms with Crippen LogP contribution in [-0.4, -0.2) is 28.0 Å². The molecular formula is C15H17ClN4O3. The summed E-state index contributed by atoms with van der Waals surface area (Å²) in [5.41, 5.74) is 0.139. The summed E-state index contributed by atoms with van der Waals surface area (Å²) in [4.78, 5) is 23.6. The lowest BCUT2D eigenvalue weighted by Crippen LogP contribution is -2.25. The lowest BCUT2D eigenvalue weighted by molar-refractivity contribution is -0.142. The number of hydrogen-bond donors (Lipinski definition) is 1. The third-order valence-corrected chi connectivity index (χ3v) is 2.87. The van der Waals surface area contributed by atoms with Gasteiger partial charge in [-0.15, -0.1) is 0 Å². The fourth-order valence-corrected chi connectivity index (χ4v) is 1.63. The number of hydrogen-bond acceptors (Lipinski definition) is 7. The molecule has 0 atom stereocenters. The van der Waals surface area contributed by atoms with Gasteiger partial charge in [0.2, 0.25) is 11.2 Å². The molecule has 7 nitrogen and oxygen atoms in total. The van der Waals surface area contributed by atoms with Gasteiger partial charge >= 0.3 is 12.0 Å². The Morgan fingerprint density at radius 2 is 1.78 bits per heavy atom. The summed E-state index contributed by atoms with van der Waals surface area (Å²) in [6, 6.07) is 6.92. The van der Waals surface area contributed by atoms with Crippen molar-refractivity contribution in [1.29, 1.82) is 0 Å². The number of rotatable bonds is 4. The molecule has 1 aromatic carbocycles. The van der Waals surface area contributed by atoms with Crippen molar-refractivity contribution >= 4 is 29.2 Å². The highest BCUT2D eigenvalue weighted by Crippen LogP contribution is 2.22. The third-order valence-electron chi connectivity index (χ3n) is 2.70. The molecule has 0 bridgehead atoms. The molecule has 0 aliphatic rings. The maximum absolute atomic E-state index is 11.8. The number of carbonyl (C=O) groups excluding carboxylic acids is 1. The van der Waals surface area contributed by atoms with Crippen LogP contribution in [0.2, 0.25) is 5.28 Å². The molecule has 0 saturated carbocycles. The zero-order chi connectivity index (χ0) is 17.0. The maximum Gasteiger partial charge on any atom is 0.322 e. The molecule has 122 valence electrons. The minimum atomic E-state index is -0.560. The first-order chi connectivity index (χ1) is 10.8. The number of anilines is 2. The summed E-state index contributed by atoms with van der Waals surface area (Å²) in [6.07, 6.45) is 0. The SMILES string of the molecule is COc1nc(Cl)nc(Nc2ccc(OC(=O)C(C)(C)C)cc2)n1. The standard InChI is InChI=1S/C15H17ClN4O3/c1-15(2,3)11(21)23-10-7-5-9(6-8-10)17-13-18-12(16)19-14(20-13)22-4/h5-8H,1-4H3,(H,17,18,19,20). The molecule has 0 spiro atoms. The van der Waals surface area contributed by atoms with Crippen LogP contribution in [0.1, 0.15) is 20.8 Å². The Hall–Kier alpha value is -2.41. The topological polar surface area (TPSA) is 86.2 Å². The Morgan fingerprint density at radius 1 is 1.13 bits per heavy atom. The van der Waals surface area contributed by atoms with Gasteiger partial charge in [0.25, 0.3) is 0 Å². The first kappa shape index (κ1) is 17.0. The summed E-state index contributed by atoms with van der Waals surface area (Å²) in [7, 11) is 1.44. The number of aromatic nitrogens is 3. The number of methoxy groups -OCH3 is 1. The highest BCUT2D eigenvalue weighted by molar-refractivity contribution is 6.28. The Bertz CT molecular complexity index is 699. The predicted molar refractivity (Wildman–Crippen MR) is 86.2 cm³/mol. The number of nitrogens with one attached hydrogen (secondary N) is 1. The fraction of sp³-hybridized carbons (Fsp3) is 0.333. The van der Waals surface area contributed by atoms with E-state index in [1.807, 2.05) is 0 Å². The van der Waals surface area contributed by atoms with Crippen LogP contribution in [0.25, 0.3) is 0 Å². The Balaban J connectivity index is 2.08. The highest BCUT2D eigenvalue weighted by atomic mass is 35.5. The van der Waals surface area contributed by atoms with Crippen LogP contribution < -0.4 is 14.8 Å². The first-order valence-corrected chi connectivity index (χ1v) is 7.20. The van der Waals surface area contributed by atoms with E-state index in [1.165, 1.54) is 7.11 Å². The number of benzene rings is 1. The minimum Gasteiger partial charge on any atom is -0.467 e. The largest absolute Gasteiger partial charge is 0.467 e. The van der Waals surface area contributed by atoms with Crippen molar-refractivity contribution in [2.24, 2.45) is 5.41 Å². The van der Waals surface area contributed by atoms with Crippen LogP contribution in [0, 0.1) is 5.41 Å². The van der Waals surface area contributed by atoms with E-state index < -0.39 is 5.41 Å². The number of carbonyl (C=O) groups is 1. The molecule has 2 rings (SSSR count). The van der Waals surface area contributed by atoms with Crippen LogP contribution in [-0.2, 0) is 4.79 Å². The van der Waals surface area contributed by atoms with Crippen LogP contribution in [0.3, 0.4) is 0 Å². The molecule has 1 heterocycles. The van der Waals surface area contributed by atoms with Crippen LogP contribution in [0.15, 0.2) is 24.3 Å². The lowest BCUT2D eigenvalue weighted by atomic mass is 9.97.